The SMILES string of the molecule is Cc1c(CCN)c2ccccc2n1C(=O)C1CCC2(CC1)OCCO2. The van der Waals surface area contributed by atoms with Gasteiger partial charge in [0.05, 0.1) is 18.7 Å². The van der Waals surface area contributed by atoms with Gasteiger partial charge in [0.2, 0.25) is 5.91 Å². The van der Waals surface area contributed by atoms with Crippen LogP contribution in [0.4, 0.5) is 0 Å². The molecule has 1 aliphatic heterocycles. The lowest BCUT2D eigenvalue weighted by molar-refractivity contribution is -0.180. The molecule has 0 unspecified atom stereocenters. The minimum absolute atomic E-state index is 0.0265. The Morgan fingerprint density at radius 1 is 1.24 bits per heavy atom. The molecule has 0 bridgehead atoms. The molecule has 2 N–H and O–H groups in total. The lowest BCUT2D eigenvalue weighted by Gasteiger charge is -2.34. The number of nitrogens with zero attached hydrogens (tertiary/aromatic N) is 1. The lowest BCUT2D eigenvalue weighted by Crippen LogP contribution is -2.38. The van der Waals surface area contributed by atoms with Gasteiger partial charge in [-0.1, -0.05) is 18.2 Å². The molecule has 1 aromatic carbocycles. The molecule has 2 fully saturated rings. The molecule has 0 atom stereocenters. The van der Waals surface area contributed by atoms with E-state index in [0.29, 0.717) is 19.8 Å². The van der Waals surface area contributed by atoms with Crippen LogP contribution >= 0.6 is 0 Å². The van der Waals surface area contributed by atoms with Crippen LogP contribution in [0.2, 0.25) is 0 Å². The average Bonchev–Trinajstić information content (AvgIpc) is 3.19. The number of ether oxygens (including phenoxy) is 2. The highest BCUT2D eigenvalue weighted by atomic mass is 16.7. The van der Waals surface area contributed by atoms with Gasteiger partial charge in [-0.25, -0.2) is 0 Å². The van der Waals surface area contributed by atoms with Gasteiger partial charge in [-0.05, 0) is 44.4 Å². The minimum Gasteiger partial charge on any atom is -0.348 e. The predicted molar refractivity (Wildman–Crippen MR) is 96.7 cm³/mol. The monoisotopic (exact) mass is 342 g/mol. The van der Waals surface area contributed by atoms with Gasteiger partial charge in [0.25, 0.3) is 0 Å². The summed E-state index contributed by atoms with van der Waals surface area (Å²) >= 11 is 0. The summed E-state index contributed by atoms with van der Waals surface area (Å²) in [5.41, 5.74) is 9.02. The van der Waals surface area contributed by atoms with Crippen molar-refractivity contribution in [2.75, 3.05) is 19.8 Å². The number of hydrogen-bond acceptors (Lipinski definition) is 4. The van der Waals surface area contributed by atoms with Crippen molar-refractivity contribution in [1.82, 2.24) is 4.57 Å². The summed E-state index contributed by atoms with van der Waals surface area (Å²) in [6.07, 6.45) is 4.03. The highest BCUT2D eigenvalue weighted by Crippen LogP contribution is 2.39. The van der Waals surface area contributed by atoms with Crippen molar-refractivity contribution in [3.63, 3.8) is 0 Å². The van der Waals surface area contributed by atoms with Crippen molar-refractivity contribution in [3.05, 3.63) is 35.5 Å². The molecule has 1 saturated heterocycles. The van der Waals surface area contributed by atoms with Gasteiger partial charge in [-0.2, -0.15) is 0 Å². The number of nitrogens with two attached hydrogens (primary N) is 1. The Morgan fingerprint density at radius 3 is 2.60 bits per heavy atom. The molecule has 1 aromatic heterocycles. The molecule has 5 nitrogen and oxygen atoms in total. The van der Waals surface area contributed by atoms with Crippen LogP contribution in [0.5, 0.6) is 0 Å². The maximum absolute atomic E-state index is 13.3. The quantitative estimate of drug-likeness (QED) is 0.931. The smallest absolute Gasteiger partial charge is 0.234 e. The summed E-state index contributed by atoms with van der Waals surface area (Å²) < 4.78 is 13.5. The molecule has 2 aliphatic rings. The number of rotatable bonds is 3. The minimum atomic E-state index is -0.421. The Balaban J connectivity index is 1.63. The molecule has 4 rings (SSSR count). The van der Waals surface area contributed by atoms with Crippen molar-refractivity contribution in [2.24, 2.45) is 11.7 Å². The van der Waals surface area contributed by atoms with E-state index >= 15 is 0 Å². The first-order valence-corrected chi connectivity index (χ1v) is 9.26. The number of carbonyl (C=O) groups is 1. The third-order valence-electron chi connectivity index (χ3n) is 5.77. The van der Waals surface area contributed by atoms with Crippen LogP contribution in [-0.4, -0.2) is 36.0 Å². The number of fused-ring (bicyclic) bond motifs is 1. The Labute approximate surface area is 148 Å². The fraction of sp³-hybridized carbons (Fsp3) is 0.550. The topological polar surface area (TPSA) is 66.5 Å². The zero-order valence-corrected chi connectivity index (χ0v) is 14.8. The van der Waals surface area contributed by atoms with E-state index in [9.17, 15) is 4.79 Å². The highest BCUT2D eigenvalue weighted by molar-refractivity contribution is 5.97. The first kappa shape index (κ1) is 16.8. The Morgan fingerprint density at radius 2 is 1.92 bits per heavy atom. The molecule has 1 aliphatic carbocycles. The van der Waals surface area contributed by atoms with Crippen molar-refractivity contribution < 1.29 is 14.3 Å². The standard InChI is InChI=1S/C20H26N2O3/c1-14-16(8-11-21)17-4-2-3-5-18(17)22(14)19(23)15-6-9-20(10-7-15)24-12-13-25-20/h2-5,15H,6-13,21H2,1H3. The molecular weight excluding hydrogens is 316 g/mol. The van der Waals surface area contributed by atoms with Crippen molar-refractivity contribution in [2.45, 2.75) is 44.8 Å². The number of para-hydroxylation sites is 1. The van der Waals surface area contributed by atoms with Crippen LogP contribution in [0.3, 0.4) is 0 Å². The molecule has 1 saturated carbocycles. The third kappa shape index (κ3) is 2.80. The van der Waals surface area contributed by atoms with Crippen molar-refractivity contribution in [1.29, 1.82) is 0 Å². The van der Waals surface area contributed by atoms with Crippen LogP contribution in [0.1, 0.15) is 41.7 Å². The van der Waals surface area contributed by atoms with Crippen molar-refractivity contribution in [3.8, 4) is 0 Å². The van der Waals surface area contributed by atoms with E-state index in [1.807, 2.05) is 29.7 Å². The van der Waals surface area contributed by atoms with Gasteiger partial charge < -0.3 is 15.2 Å². The second-order valence-corrected chi connectivity index (χ2v) is 7.18. The second-order valence-electron chi connectivity index (χ2n) is 7.18. The van der Waals surface area contributed by atoms with Gasteiger partial charge >= 0.3 is 0 Å². The number of hydrogen-bond donors (Lipinski definition) is 1. The molecule has 0 amide bonds. The van der Waals surface area contributed by atoms with E-state index < -0.39 is 5.79 Å². The lowest BCUT2D eigenvalue weighted by atomic mass is 9.84. The first-order valence-electron chi connectivity index (χ1n) is 9.26. The van der Waals surface area contributed by atoms with Crippen LogP contribution < -0.4 is 5.73 Å². The van der Waals surface area contributed by atoms with Crippen LogP contribution in [0.25, 0.3) is 10.9 Å². The Bertz CT molecular complexity index is 780. The fourth-order valence-corrected chi connectivity index (χ4v) is 4.45. The largest absolute Gasteiger partial charge is 0.348 e. The van der Waals surface area contributed by atoms with E-state index in [0.717, 1.165) is 48.7 Å². The maximum atomic E-state index is 13.3. The van der Waals surface area contributed by atoms with Crippen LogP contribution in [-0.2, 0) is 15.9 Å². The fourth-order valence-electron chi connectivity index (χ4n) is 4.45. The maximum Gasteiger partial charge on any atom is 0.234 e. The molecule has 2 heterocycles. The second kappa shape index (κ2) is 6.56. The zero-order valence-electron chi connectivity index (χ0n) is 14.8. The zero-order chi connectivity index (χ0) is 17.4. The Hall–Kier alpha value is -1.69. The van der Waals surface area contributed by atoms with Gasteiger partial charge in [0, 0.05) is 29.8 Å². The number of carbonyl (C=O) groups excluding carboxylic acids is 1. The van der Waals surface area contributed by atoms with Gasteiger partial charge in [-0.15, -0.1) is 0 Å². The molecule has 2 aromatic rings. The molecule has 5 heteroatoms. The summed E-state index contributed by atoms with van der Waals surface area (Å²) in [6.45, 7) is 3.96. The van der Waals surface area contributed by atoms with E-state index in [1.165, 1.54) is 5.56 Å². The summed E-state index contributed by atoms with van der Waals surface area (Å²) in [6, 6.07) is 8.14. The van der Waals surface area contributed by atoms with Gasteiger partial charge in [-0.3, -0.25) is 9.36 Å². The van der Waals surface area contributed by atoms with Gasteiger partial charge in [0.1, 0.15) is 0 Å². The third-order valence-corrected chi connectivity index (χ3v) is 5.77. The predicted octanol–water partition coefficient (Wildman–Crippen LogP) is 3.02. The van der Waals surface area contributed by atoms with Crippen LogP contribution in [0.15, 0.2) is 24.3 Å². The summed E-state index contributed by atoms with van der Waals surface area (Å²) in [7, 11) is 0. The van der Waals surface area contributed by atoms with E-state index in [1.54, 1.807) is 0 Å². The van der Waals surface area contributed by atoms with Crippen molar-refractivity contribution >= 4 is 16.8 Å². The summed E-state index contributed by atoms with van der Waals surface area (Å²) in [5.74, 6) is -0.196. The van der Waals surface area contributed by atoms with Crippen LogP contribution in [0, 0.1) is 12.8 Å². The molecular formula is C20H26N2O3. The summed E-state index contributed by atoms with van der Waals surface area (Å²) in [5, 5.41) is 1.15. The van der Waals surface area contributed by atoms with E-state index in [4.69, 9.17) is 15.2 Å². The van der Waals surface area contributed by atoms with E-state index in [-0.39, 0.29) is 11.8 Å². The average molecular weight is 342 g/mol. The van der Waals surface area contributed by atoms with E-state index in [2.05, 4.69) is 6.07 Å². The highest BCUT2D eigenvalue weighted by Gasteiger charge is 2.42. The molecule has 134 valence electrons. The first-order chi connectivity index (χ1) is 12.2. The normalized spacial score (nSPS) is 20.6. The van der Waals surface area contributed by atoms with Gasteiger partial charge in [0.15, 0.2) is 5.79 Å². The molecule has 0 radical (unpaired) electrons. The molecule has 1 spiro atoms. The summed E-state index contributed by atoms with van der Waals surface area (Å²) in [4.78, 5) is 13.3. The number of aromatic nitrogens is 1. The number of benzene rings is 1. The molecule has 25 heavy (non-hydrogen) atoms. The Kier molecular flexibility index (Phi) is 4.40.